The fourth-order valence-corrected chi connectivity index (χ4v) is 3.02. The molecule has 24 heavy (non-hydrogen) atoms. The lowest BCUT2D eigenvalue weighted by molar-refractivity contribution is 0.0724. The van der Waals surface area contributed by atoms with E-state index >= 15 is 0 Å². The molecule has 5 heteroatoms. The molecule has 3 rings (SSSR count). The minimum atomic E-state index is 0.0315. The molecule has 0 bridgehead atoms. The van der Waals surface area contributed by atoms with Crippen LogP contribution in [-0.4, -0.2) is 28.9 Å². The van der Waals surface area contributed by atoms with Gasteiger partial charge >= 0.3 is 0 Å². The fraction of sp³-hybridized carbons (Fsp3) is 0.316. The maximum absolute atomic E-state index is 12.7. The summed E-state index contributed by atoms with van der Waals surface area (Å²) in [6.07, 6.45) is 2.36. The van der Waals surface area contributed by atoms with Crippen molar-refractivity contribution in [1.82, 2.24) is 9.88 Å². The zero-order chi connectivity index (χ0) is 17.1. The normalized spacial score (nSPS) is 13.4. The maximum Gasteiger partial charge on any atom is 0.254 e. The third-order valence-electron chi connectivity index (χ3n) is 4.26. The van der Waals surface area contributed by atoms with Crippen LogP contribution in [0, 0.1) is 18.3 Å². The number of aromatic nitrogens is 1. The van der Waals surface area contributed by atoms with Gasteiger partial charge in [0.25, 0.3) is 5.91 Å². The van der Waals surface area contributed by atoms with Crippen molar-refractivity contribution in [3.8, 4) is 11.8 Å². The molecule has 0 fully saturated rings. The van der Waals surface area contributed by atoms with Gasteiger partial charge in [-0.05, 0) is 37.5 Å². The van der Waals surface area contributed by atoms with Crippen molar-refractivity contribution >= 4 is 5.91 Å². The van der Waals surface area contributed by atoms with E-state index in [9.17, 15) is 4.79 Å². The van der Waals surface area contributed by atoms with E-state index < -0.39 is 0 Å². The minimum Gasteiger partial charge on any atom is -0.492 e. The minimum absolute atomic E-state index is 0.0315. The number of carbonyl (C=O) groups excluding carboxylic acids is 1. The van der Waals surface area contributed by atoms with Crippen molar-refractivity contribution in [3.63, 3.8) is 0 Å². The van der Waals surface area contributed by atoms with Gasteiger partial charge in [0, 0.05) is 24.4 Å². The molecule has 2 aromatic rings. The Labute approximate surface area is 141 Å². The van der Waals surface area contributed by atoms with Crippen molar-refractivity contribution < 1.29 is 9.53 Å². The van der Waals surface area contributed by atoms with Crippen LogP contribution in [0.15, 0.2) is 30.5 Å². The first-order valence-corrected chi connectivity index (χ1v) is 8.03. The molecule has 1 aromatic heterocycles. The quantitative estimate of drug-likeness (QED) is 0.868. The molecule has 0 radical (unpaired) electrons. The number of rotatable bonds is 4. The van der Waals surface area contributed by atoms with Gasteiger partial charge in [-0.1, -0.05) is 12.1 Å². The molecule has 0 unspecified atom stereocenters. The Hall–Kier alpha value is -2.87. The Bertz CT molecular complexity index is 824. The first-order valence-electron chi connectivity index (χ1n) is 8.03. The van der Waals surface area contributed by atoms with Crippen LogP contribution in [0.1, 0.15) is 39.7 Å². The van der Waals surface area contributed by atoms with Crippen molar-refractivity contribution in [1.29, 1.82) is 5.26 Å². The molecule has 1 aromatic carbocycles. The van der Waals surface area contributed by atoms with Gasteiger partial charge in [0.15, 0.2) is 0 Å². The molecular formula is C19H19N3O2. The van der Waals surface area contributed by atoms with Crippen LogP contribution in [0.5, 0.6) is 5.75 Å². The van der Waals surface area contributed by atoms with Gasteiger partial charge in [0.2, 0.25) is 0 Å². The second kappa shape index (κ2) is 6.71. The molecule has 1 aliphatic rings. The maximum atomic E-state index is 12.7. The summed E-state index contributed by atoms with van der Waals surface area (Å²) in [5.41, 5.74) is 4.21. The van der Waals surface area contributed by atoms with Gasteiger partial charge in [-0.25, -0.2) is 0 Å². The van der Waals surface area contributed by atoms with E-state index in [0.717, 1.165) is 28.8 Å². The molecule has 0 aliphatic carbocycles. The number of ether oxygens (including phenoxy) is 1. The highest BCUT2D eigenvalue weighted by Gasteiger charge is 2.25. The molecule has 0 saturated heterocycles. The van der Waals surface area contributed by atoms with Crippen LogP contribution in [0.4, 0.5) is 0 Å². The second-order valence-electron chi connectivity index (χ2n) is 5.79. The Morgan fingerprint density at radius 2 is 2.25 bits per heavy atom. The number of pyridine rings is 1. The lowest BCUT2D eigenvalue weighted by atomic mass is 9.94. The number of nitriles is 1. The summed E-state index contributed by atoms with van der Waals surface area (Å²) < 4.78 is 5.49. The third-order valence-corrected chi connectivity index (χ3v) is 4.26. The van der Waals surface area contributed by atoms with E-state index in [4.69, 9.17) is 10.00 Å². The van der Waals surface area contributed by atoms with Crippen LogP contribution in [0.25, 0.3) is 0 Å². The summed E-state index contributed by atoms with van der Waals surface area (Å²) in [4.78, 5) is 18.8. The summed E-state index contributed by atoms with van der Waals surface area (Å²) in [7, 11) is 0. The Kier molecular flexibility index (Phi) is 4.48. The van der Waals surface area contributed by atoms with Gasteiger partial charge in [0.05, 0.1) is 18.8 Å². The van der Waals surface area contributed by atoms with Crippen molar-refractivity contribution in [2.75, 3.05) is 13.2 Å². The van der Waals surface area contributed by atoms with Gasteiger partial charge in [-0.15, -0.1) is 0 Å². The highest BCUT2D eigenvalue weighted by atomic mass is 16.5. The average molecular weight is 321 g/mol. The highest BCUT2D eigenvalue weighted by molar-refractivity contribution is 5.97. The van der Waals surface area contributed by atoms with Crippen LogP contribution in [0.3, 0.4) is 0 Å². The van der Waals surface area contributed by atoms with Gasteiger partial charge in [0.1, 0.15) is 17.4 Å². The number of nitrogens with zero attached hydrogens (tertiary/aromatic N) is 3. The summed E-state index contributed by atoms with van der Waals surface area (Å²) in [6, 6.07) is 9.67. The number of benzene rings is 1. The van der Waals surface area contributed by atoms with E-state index in [2.05, 4.69) is 11.1 Å². The Morgan fingerprint density at radius 1 is 1.42 bits per heavy atom. The first kappa shape index (κ1) is 16.0. The predicted molar refractivity (Wildman–Crippen MR) is 89.7 cm³/mol. The Morgan fingerprint density at radius 3 is 3.00 bits per heavy atom. The van der Waals surface area contributed by atoms with Gasteiger partial charge < -0.3 is 9.64 Å². The zero-order valence-corrected chi connectivity index (χ0v) is 13.9. The topological polar surface area (TPSA) is 66.2 Å². The van der Waals surface area contributed by atoms with Crippen LogP contribution < -0.4 is 4.74 Å². The molecule has 5 nitrogen and oxygen atoms in total. The summed E-state index contributed by atoms with van der Waals surface area (Å²) >= 11 is 0. The highest BCUT2D eigenvalue weighted by Crippen LogP contribution is 2.24. The third kappa shape index (κ3) is 2.95. The number of hydrogen-bond donors (Lipinski definition) is 0. The number of aryl methyl sites for hydroxylation is 1. The molecule has 0 saturated carbocycles. The lowest BCUT2D eigenvalue weighted by Gasteiger charge is -2.29. The second-order valence-corrected chi connectivity index (χ2v) is 5.79. The molecule has 1 aliphatic heterocycles. The standard InChI is InChI=1S/C19H19N3O2/c1-3-24-18-9-15(21-11-14(18)10-20)12-22-8-7-16-13(2)5-4-6-17(16)19(22)23/h4-6,9,11H,3,7-8,12H2,1-2H3. The average Bonchev–Trinajstić information content (AvgIpc) is 2.59. The molecule has 1 amide bonds. The number of carbonyl (C=O) groups is 1. The Balaban J connectivity index is 1.84. The molecule has 0 atom stereocenters. The summed E-state index contributed by atoms with van der Waals surface area (Å²) in [5.74, 6) is 0.551. The van der Waals surface area contributed by atoms with Crippen LogP contribution in [-0.2, 0) is 13.0 Å². The SMILES string of the molecule is CCOc1cc(CN2CCc3c(C)cccc3C2=O)ncc1C#N. The van der Waals surface area contributed by atoms with E-state index in [1.807, 2.05) is 32.0 Å². The smallest absolute Gasteiger partial charge is 0.254 e. The largest absolute Gasteiger partial charge is 0.492 e. The number of hydrogen-bond acceptors (Lipinski definition) is 4. The van der Waals surface area contributed by atoms with Crippen LogP contribution in [0.2, 0.25) is 0 Å². The molecule has 2 heterocycles. The predicted octanol–water partition coefficient (Wildman–Crippen LogP) is 2.86. The van der Waals surface area contributed by atoms with Crippen LogP contribution >= 0.6 is 0 Å². The van der Waals surface area contributed by atoms with Crippen molar-refractivity contribution in [2.45, 2.75) is 26.8 Å². The van der Waals surface area contributed by atoms with Gasteiger partial charge in [-0.2, -0.15) is 5.26 Å². The van der Waals surface area contributed by atoms with Gasteiger partial charge in [-0.3, -0.25) is 9.78 Å². The number of amides is 1. The van der Waals surface area contributed by atoms with E-state index in [0.29, 0.717) is 31.0 Å². The monoisotopic (exact) mass is 321 g/mol. The molecule has 0 spiro atoms. The van der Waals surface area contributed by atoms with Crippen molar-refractivity contribution in [3.05, 3.63) is 58.4 Å². The molecule has 0 N–H and O–H groups in total. The fourth-order valence-electron chi connectivity index (χ4n) is 3.02. The number of fused-ring (bicyclic) bond motifs is 1. The van der Waals surface area contributed by atoms with E-state index in [1.54, 1.807) is 11.0 Å². The zero-order valence-electron chi connectivity index (χ0n) is 13.9. The van der Waals surface area contributed by atoms with E-state index in [1.165, 1.54) is 6.20 Å². The molecule has 122 valence electrons. The first-order chi connectivity index (χ1) is 11.6. The van der Waals surface area contributed by atoms with Crippen molar-refractivity contribution in [2.24, 2.45) is 0 Å². The summed E-state index contributed by atoms with van der Waals surface area (Å²) in [6.45, 7) is 5.47. The lowest BCUT2D eigenvalue weighted by Crippen LogP contribution is -2.37. The molecular weight excluding hydrogens is 302 g/mol. The van der Waals surface area contributed by atoms with E-state index in [-0.39, 0.29) is 5.91 Å². The summed E-state index contributed by atoms with van der Waals surface area (Å²) in [5, 5.41) is 9.10.